The maximum atomic E-state index is 10.8. The lowest BCUT2D eigenvalue weighted by molar-refractivity contribution is 0.112. The van der Waals surface area contributed by atoms with E-state index >= 15 is 0 Å². The summed E-state index contributed by atoms with van der Waals surface area (Å²) in [5.41, 5.74) is 1.25. The van der Waals surface area contributed by atoms with Gasteiger partial charge in [0.25, 0.3) is 0 Å². The Hall–Kier alpha value is -1.79. The number of carbonyl (C=O) groups excluding carboxylic acids is 1. The van der Waals surface area contributed by atoms with E-state index in [0.717, 1.165) is 11.8 Å². The molecule has 0 fully saturated rings. The molecule has 1 aromatic rings. The molecule has 3 nitrogen and oxygen atoms in total. The fourth-order valence-corrected chi connectivity index (χ4v) is 1.23. The normalized spacial score (nSPS) is 9.12. The van der Waals surface area contributed by atoms with Gasteiger partial charge in [0.2, 0.25) is 0 Å². The van der Waals surface area contributed by atoms with Gasteiger partial charge in [-0.05, 0) is 25.1 Å². The highest BCUT2D eigenvalue weighted by molar-refractivity contribution is 5.80. The number of rotatable bonds is 4. The summed E-state index contributed by atoms with van der Waals surface area (Å²) in [7, 11) is 0. The van der Waals surface area contributed by atoms with E-state index in [1.807, 2.05) is 6.92 Å². The van der Waals surface area contributed by atoms with Crippen molar-refractivity contribution in [2.45, 2.75) is 13.3 Å². The first-order chi connectivity index (χ1) is 7.81. The smallest absolute Gasteiger partial charge is 0.153 e. The van der Waals surface area contributed by atoms with Gasteiger partial charge in [-0.2, -0.15) is 0 Å². The fraction of sp³-hybridized carbons (Fsp3) is 0.308. The van der Waals surface area contributed by atoms with Crippen LogP contribution in [0.1, 0.15) is 29.3 Å². The molecule has 0 amide bonds. The summed E-state index contributed by atoms with van der Waals surface area (Å²) < 4.78 is 5.29. The van der Waals surface area contributed by atoms with E-state index in [4.69, 9.17) is 9.84 Å². The SMILES string of the molecule is CCOc1ccc(C#CCCO)cc1C=O. The molecule has 0 saturated heterocycles. The van der Waals surface area contributed by atoms with E-state index in [9.17, 15) is 4.79 Å². The summed E-state index contributed by atoms with van der Waals surface area (Å²) in [6, 6.07) is 5.21. The first-order valence-corrected chi connectivity index (χ1v) is 5.13. The highest BCUT2D eigenvalue weighted by Crippen LogP contribution is 2.17. The van der Waals surface area contributed by atoms with Gasteiger partial charge < -0.3 is 9.84 Å². The quantitative estimate of drug-likeness (QED) is 0.617. The summed E-state index contributed by atoms with van der Waals surface area (Å²) in [6.45, 7) is 2.44. The van der Waals surface area contributed by atoms with Crippen molar-refractivity contribution in [1.29, 1.82) is 0 Å². The highest BCUT2D eigenvalue weighted by Gasteiger charge is 2.02. The highest BCUT2D eigenvalue weighted by atomic mass is 16.5. The van der Waals surface area contributed by atoms with Crippen molar-refractivity contribution in [1.82, 2.24) is 0 Å². The van der Waals surface area contributed by atoms with Crippen LogP contribution in [0.4, 0.5) is 0 Å². The molecule has 0 heterocycles. The van der Waals surface area contributed by atoms with Gasteiger partial charge in [-0.15, -0.1) is 0 Å². The standard InChI is InChI=1S/C13H14O3/c1-2-16-13-7-6-11(5-3-4-8-14)9-12(13)10-15/h6-7,9-10,14H,2,4,8H2,1H3. The molecular weight excluding hydrogens is 204 g/mol. The largest absolute Gasteiger partial charge is 0.493 e. The third-order valence-corrected chi connectivity index (χ3v) is 1.91. The van der Waals surface area contributed by atoms with E-state index in [0.29, 0.717) is 24.3 Å². The third-order valence-electron chi connectivity index (χ3n) is 1.91. The van der Waals surface area contributed by atoms with Gasteiger partial charge in [0.15, 0.2) is 6.29 Å². The average Bonchev–Trinajstić information content (AvgIpc) is 2.31. The fourth-order valence-electron chi connectivity index (χ4n) is 1.23. The van der Waals surface area contributed by atoms with Crippen LogP contribution in [0.15, 0.2) is 18.2 Å². The van der Waals surface area contributed by atoms with E-state index in [1.165, 1.54) is 0 Å². The minimum absolute atomic E-state index is 0.0462. The van der Waals surface area contributed by atoms with Crippen molar-refractivity contribution in [3.8, 4) is 17.6 Å². The molecule has 0 aliphatic heterocycles. The van der Waals surface area contributed by atoms with Crippen LogP contribution in [-0.2, 0) is 0 Å². The Kier molecular flexibility index (Phi) is 5.10. The molecule has 0 radical (unpaired) electrons. The predicted molar refractivity (Wildman–Crippen MR) is 61.6 cm³/mol. The van der Waals surface area contributed by atoms with Crippen molar-refractivity contribution in [3.63, 3.8) is 0 Å². The Morgan fingerprint density at radius 2 is 2.31 bits per heavy atom. The van der Waals surface area contributed by atoms with Crippen LogP contribution in [-0.4, -0.2) is 24.6 Å². The maximum Gasteiger partial charge on any atom is 0.153 e. The first-order valence-electron chi connectivity index (χ1n) is 5.13. The van der Waals surface area contributed by atoms with Gasteiger partial charge >= 0.3 is 0 Å². The second kappa shape index (κ2) is 6.65. The molecule has 0 unspecified atom stereocenters. The van der Waals surface area contributed by atoms with Gasteiger partial charge in [0, 0.05) is 12.0 Å². The van der Waals surface area contributed by atoms with Crippen molar-refractivity contribution in [3.05, 3.63) is 29.3 Å². The van der Waals surface area contributed by atoms with E-state index in [1.54, 1.807) is 18.2 Å². The molecule has 3 heteroatoms. The Bertz CT molecular complexity index is 413. The first kappa shape index (κ1) is 12.3. The van der Waals surface area contributed by atoms with E-state index in [-0.39, 0.29) is 6.61 Å². The molecule has 0 aliphatic carbocycles. The molecule has 1 aromatic carbocycles. The number of aliphatic hydroxyl groups excluding tert-OH is 1. The molecule has 1 rings (SSSR count). The van der Waals surface area contributed by atoms with Crippen molar-refractivity contribution >= 4 is 6.29 Å². The zero-order valence-corrected chi connectivity index (χ0v) is 9.19. The molecule has 0 spiro atoms. The predicted octanol–water partition coefficient (Wildman–Crippen LogP) is 1.63. The van der Waals surface area contributed by atoms with Crippen LogP contribution in [0.2, 0.25) is 0 Å². The molecule has 0 aliphatic rings. The van der Waals surface area contributed by atoms with Crippen molar-refractivity contribution in [2.75, 3.05) is 13.2 Å². The number of carbonyl (C=O) groups is 1. The summed E-state index contributed by atoms with van der Waals surface area (Å²) in [4.78, 5) is 10.8. The van der Waals surface area contributed by atoms with E-state index < -0.39 is 0 Å². The second-order valence-electron chi connectivity index (χ2n) is 3.08. The van der Waals surface area contributed by atoms with Crippen LogP contribution in [0.5, 0.6) is 5.75 Å². The van der Waals surface area contributed by atoms with Crippen molar-refractivity contribution < 1.29 is 14.6 Å². The number of hydrogen-bond acceptors (Lipinski definition) is 3. The summed E-state index contributed by atoms with van der Waals surface area (Å²) in [5.74, 6) is 6.24. The van der Waals surface area contributed by atoms with Crippen LogP contribution < -0.4 is 4.74 Å². The summed E-state index contributed by atoms with van der Waals surface area (Å²) >= 11 is 0. The molecule has 0 atom stereocenters. The van der Waals surface area contributed by atoms with E-state index in [2.05, 4.69) is 11.8 Å². The zero-order valence-electron chi connectivity index (χ0n) is 9.19. The summed E-state index contributed by atoms with van der Waals surface area (Å²) in [5, 5.41) is 8.58. The number of aldehydes is 1. The molecule has 1 N–H and O–H groups in total. The van der Waals surface area contributed by atoms with Gasteiger partial charge in [-0.25, -0.2) is 0 Å². The van der Waals surface area contributed by atoms with Gasteiger partial charge in [0.05, 0.1) is 18.8 Å². The van der Waals surface area contributed by atoms with Crippen molar-refractivity contribution in [2.24, 2.45) is 0 Å². The third kappa shape index (κ3) is 3.41. The Morgan fingerprint density at radius 1 is 1.50 bits per heavy atom. The van der Waals surface area contributed by atoms with Gasteiger partial charge in [-0.1, -0.05) is 11.8 Å². The lowest BCUT2D eigenvalue weighted by atomic mass is 10.1. The molecule has 84 valence electrons. The number of aliphatic hydroxyl groups is 1. The Balaban J connectivity index is 2.91. The number of benzene rings is 1. The second-order valence-corrected chi connectivity index (χ2v) is 3.08. The Labute approximate surface area is 95.1 Å². The molecule has 0 aromatic heterocycles. The number of ether oxygens (including phenoxy) is 1. The molecule has 0 saturated carbocycles. The minimum atomic E-state index is 0.0462. The molecule has 0 bridgehead atoms. The lowest BCUT2D eigenvalue weighted by Crippen LogP contribution is -1.96. The monoisotopic (exact) mass is 218 g/mol. The molecule has 16 heavy (non-hydrogen) atoms. The molecular formula is C13H14O3. The zero-order chi connectivity index (χ0) is 11.8. The lowest BCUT2D eigenvalue weighted by Gasteiger charge is -2.05. The topological polar surface area (TPSA) is 46.5 Å². The number of hydrogen-bond donors (Lipinski definition) is 1. The van der Waals surface area contributed by atoms with Crippen LogP contribution in [0.25, 0.3) is 0 Å². The maximum absolute atomic E-state index is 10.8. The minimum Gasteiger partial charge on any atom is -0.493 e. The van der Waals surface area contributed by atoms with Gasteiger partial charge in [0.1, 0.15) is 5.75 Å². The summed E-state index contributed by atoms with van der Waals surface area (Å²) in [6.07, 6.45) is 1.19. The average molecular weight is 218 g/mol. The van der Waals surface area contributed by atoms with Crippen LogP contribution in [0, 0.1) is 11.8 Å². The van der Waals surface area contributed by atoms with Crippen LogP contribution >= 0.6 is 0 Å². The Morgan fingerprint density at radius 3 is 2.94 bits per heavy atom. The van der Waals surface area contributed by atoms with Gasteiger partial charge in [-0.3, -0.25) is 4.79 Å². The van der Waals surface area contributed by atoms with Crippen LogP contribution in [0.3, 0.4) is 0 Å².